The number of hydrogen-bond acceptors (Lipinski definition) is 3. The van der Waals surface area contributed by atoms with Crippen LogP contribution in [0.15, 0.2) is 16.6 Å². The molecule has 1 N–H and O–H groups in total. The van der Waals surface area contributed by atoms with Crippen LogP contribution in [0.4, 0.5) is 13.2 Å². The molecule has 8 heteroatoms. The normalized spacial score (nSPS) is 11.2. The molecule has 0 aliphatic heterocycles. The van der Waals surface area contributed by atoms with Crippen LogP contribution in [-0.2, 0) is 11.2 Å². The summed E-state index contributed by atoms with van der Waals surface area (Å²) in [5.74, 6) is 0.242. The van der Waals surface area contributed by atoms with Crippen molar-refractivity contribution < 1.29 is 27.4 Å². The number of nitrogens with one attached hydrogen (secondary N) is 1. The van der Waals surface area contributed by atoms with Gasteiger partial charge in [0.2, 0.25) is 5.91 Å². The molecule has 124 valence electrons. The standard InChI is InChI=1S/C14H17BrF3NO3/c1-3-21-11-5-9(10(15)7-12(11)22-4-2)6-13(20)19-8-14(16,17)18/h5,7H,3-4,6,8H2,1-2H3,(H,19,20). The van der Waals surface area contributed by atoms with E-state index in [4.69, 9.17) is 9.47 Å². The van der Waals surface area contributed by atoms with Gasteiger partial charge in [0, 0.05) is 4.47 Å². The highest BCUT2D eigenvalue weighted by molar-refractivity contribution is 9.10. The Morgan fingerprint density at radius 1 is 1.18 bits per heavy atom. The summed E-state index contributed by atoms with van der Waals surface area (Å²) >= 11 is 3.28. The zero-order valence-electron chi connectivity index (χ0n) is 12.2. The predicted molar refractivity (Wildman–Crippen MR) is 79.2 cm³/mol. The van der Waals surface area contributed by atoms with Crippen LogP contribution < -0.4 is 14.8 Å². The van der Waals surface area contributed by atoms with Crippen LogP contribution in [0.2, 0.25) is 0 Å². The Hall–Kier alpha value is -1.44. The largest absolute Gasteiger partial charge is 0.490 e. The third-order valence-corrected chi connectivity index (χ3v) is 3.29. The fourth-order valence-electron chi connectivity index (χ4n) is 1.68. The Balaban J connectivity index is 2.85. The van der Waals surface area contributed by atoms with Gasteiger partial charge in [-0.25, -0.2) is 0 Å². The van der Waals surface area contributed by atoms with Crippen molar-refractivity contribution in [1.29, 1.82) is 0 Å². The number of carbonyl (C=O) groups is 1. The van der Waals surface area contributed by atoms with E-state index in [-0.39, 0.29) is 6.42 Å². The molecule has 0 saturated carbocycles. The summed E-state index contributed by atoms with van der Waals surface area (Å²) in [7, 11) is 0. The lowest BCUT2D eigenvalue weighted by Gasteiger charge is -2.14. The van der Waals surface area contributed by atoms with Gasteiger partial charge in [0.05, 0.1) is 19.6 Å². The SMILES string of the molecule is CCOc1cc(Br)c(CC(=O)NCC(F)(F)F)cc1OCC. The van der Waals surface area contributed by atoms with Gasteiger partial charge in [-0.2, -0.15) is 13.2 Å². The average Bonchev–Trinajstić information content (AvgIpc) is 2.41. The zero-order valence-corrected chi connectivity index (χ0v) is 13.8. The molecular formula is C14H17BrF3NO3. The summed E-state index contributed by atoms with van der Waals surface area (Å²) in [6, 6.07) is 3.23. The van der Waals surface area contributed by atoms with E-state index < -0.39 is 18.6 Å². The predicted octanol–water partition coefficient (Wildman–Crippen LogP) is 3.47. The van der Waals surface area contributed by atoms with Crippen LogP contribution in [0.3, 0.4) is 0 Å². The van der Waals surface area contributed by atoms with Crippen molar-refractivity contribution in [2.24, 2.45) is 0 Å². The number of rotatable bonds is 7. The summed E-state index contributed by atoms with van der Waals surface area (Å²) in [5.41, 5.74) is 0.520. The molecule has 0 heterocycles. The minimum atomic E-state index is -4.43. The molecule has 1 amide bonds. The molecule has 0 spiro atoms. The van der Waals surface area contributed by atoms with Gasteiger partial charge >= 0.3 is 6.18 Å². The Morgan fingerprint density at radius 3 is 2.23 bits per heavy atom. The maximum Gasteiger partial charge on any atom is 0.405 e. The second kappa shape index (κ2) is 8.26. The van der Waals surface area contributed by atoms with Crippen molar-refractivity contribution in [3.8, 4) is 11.5 Å². The van der Waals surface area contributed by atoms with Crippen molar-refractivity contribution in [2.75, 3.05) is 19.8 Å². The highest BCUT2D eigenvalue weighted by Crippen LogP contribution is 2.34. The van der Waals surface area contributed by atoms with Crippen molar-refractivity contribution in [1.82, 2.24) is 5.32 Å². The Morgan fingerprint density at radius 2 is 1.73 bits per heavy atom. The van der Waals surface area contributed by atoms with Gasteiger partial charge in [-0.3, -0.25) is 4.79 Å². The molecular weight excluding hydrogens is 367 g/mol. The first-order valence-electron chi connectivity index (χ1n) is 6.68. The van der Waals surface area contributed by atoms with E-state index >= 15 is 0 Å². The summed E-state index contributed by atoms with van der Waals surface area (Å²) in [5, 5.41) is 1.83. The van der Waals surface area contributed by atoms with E-state index in [0.29, 0.717) is 34.7 Å². The summed E-state index contributed by atoms with van der Waals surface area (Å²) in [6.07, 6.45) is -4.62. The van der Waals surface area contributed by atoms with Gasteiger partial charge < -0.3 is 14.8 Å². The summed E-state index contributed by atoms with van der Waals surface area (Å²) in [4.78, 5) is 11.6. The number of alkyl halides is 3. The average molecular weight is 384 g/mol. The van der Waals surface area contributed by atoms with Gasteiger partial charge in [0.15, 0.2) is 11.5 Å². The van der Waals surface area contributed by atoms with E-state index in [1.54, 1.807) is 19.1 Å². The second-order valence-electron chi connectivity index (χ2n) is 4.33. The lowest BCUT2D eigenvalue weighted by atomic mass is 10.1. The van der Waals surface area contributed by atoms with Crippen molar-refractivity contribution in [3.05, 3.63) is 22.2 Å². The zero-order chi connectivity index (χ0) is 16.8. The maximum absolute atomic E-state index is 12.1. The van der Waals surface area contributed by atoms with Gasteiger partial charge in [-0.15, -0.1) is 0 Å². The van der Waals surface area contributed by atoms with E-state index in [0.717, 1.165) is 0 Å². The summed E-state index contributed by atoms with van der Waals surface area (Å²) < 4.78 is 47.6. The van der Waals surface area contributed by atoms with Crippen LogP contribution in [0, 0.1) is 0 Å². The number of ether oxygens (including phenoxy) is 2. The molecule has 1 aromatic carbocycles. The van der Waals surface area contributed by atoms with Gasteiger partial charge in [-0.1, -0.05) is 15.9 Å². The van der Waals surface area contributed by atoms with Crippen molar-refractivity contribution in [3.63, 3.8) is 0 Å². The third-order valence-electron chi connectivity index (χ3n) is 2.55. The lowest BCUT2D eigenvalue weighted by Crippen LogP contribution is -2.34. The number of carbonyl (C=O) groups excluding carboxylic acids is 1. The van der Waals surface area contributed by atoms with Crippen molar-refractivity contribution in [2.45, 2.75) is 26.4 Å². The van der Waals surface area contributed by atoms with Crippen LogP contribution in [0.1, 0.15) is 19.4 Å². The molecule has 0 aromatic heterocycles. The molecule has 0 radical (unpaired) electrons. The monoisotopic (exact) mass is 383 g/mol. The fourth-order valence-corrected chi connectivity index (χ4v) is 2.15. The number of benzene rings is 1. The third kappa shape index (κ3) is 6.13. The Labute approximate surface area is 135 Å². The molecule has 0 aliphatic carbocycles. The van der Waals surface area contributed by atoms with E-state index in [1.165, 1.54) is 0 Å². The molecule has 0 unspecified atom stereocenters. The maximum atomic E-state index is 12.1. The van der Waals surface area contributed by atoms with Gasteiger partial charge in [-0.05, 0) is 31.5 Å². The molecule has 0 aliphatic rings. The van der Waals surface area contributed by atoms with Gasteiger partial charge in [0.25, 0.3) is 0 Å². The number of halogens is 4. The molecule has 1 rings (SSSR count). The topological polar surface area (TPSA) is 47.6 Å². The molecule has 0 bridgehead atoms. The smallest absolute Gasteiger partial charge is 0.405 e. The lowest BCUT2D eigenvalue weighted by molar-refractivity contribution is -0.138. The molecule has 0 saturated heterocycles. The van der Waals surface area contributed by atoms with E-state index in [9.17, 15) is 18.0 Å². The Bertz CT molecular complexity index is 521. The highest BCUT2D eigenvalue weighted by Gasteiger charge is 2.27. The quantitative estimate of drug-likeness (QED) is 0.783. The highest BCUT2D eigenvalue weighted by atomic mass is 79.9. The second-order valence-corrected chi connectivity index (χ2v) is 5.18. The minimum absolute atomic E-state index is 0.191. The molecule has 0 atom stereocenters. The molecule has 0 fully saturated rings. The van der Waals surface area contributed by atoms with E-state index in [2.05, 4.69) is 15.9 Å². The van der Waals surface area contributed by atoms with Crippen LogP contribution in [0.25, 0.3) is 0 Å². The first-order valence-corrected chi connectivity index (χ1v) is 7.47. The minimum Gasteiger partial charge on any atom is -0.490 e. The van der Waals surface area contributed by atoms with E-state index in [1.807, 2.05) is 12.2 Å². The first kappa shape index (κ1) is 18.6. The van der Waals surface area contributed by atoms with Crippen molar-refractivity contribution >= 4 is 21.8 Å². The molecule has 1 aromatic rings. The fraction of sp³-hybridized carbons (Fsp3) is 0.500. The number of amides is 1. The first-order chi connectivity index (χ1) is 10.3. The van der Waals surface area contributed by atoms with Crippen LogP contribution in [-0.4, -0.2) is 31.8 Å². The molecule has 4 nitrogen and oxygen atoms in total. The summed E-state index contributed by atoms with van der Waals surface area (Å²) in [6.45, 7) is 3.12. The Kier molecular flexibility index (Phi) is 6.99. The van der Waals surface area contributed by atoms with Crippen LogP contribution in [0.5, 0.6) is 11.5 Å². The van der Waals surface area contributed by atoms with Crippen LogP contribution >= 0.6 is 15.9 Å². The number of hydrogen-bond donors (Lipinski definition) is 1. The van der Waals surface area contributed by atoms with Gasteiger partial charge in [0.1, 0.15) is 6.54 Å². The molecule has 22 heavy (non-hydrogen) atoms.